The summed E-state index contributed by atoms with van der Waals surface area (Å²) in [5.41, 5.74) is 4.25. The molecule has 0 fully saturated rings. The Morgan fingerprint density at radius 2 is 1.54 bits per heavy atom. The maximum Gasteiger partial charge on any atom is 0.407 e. The fraction of sp³-hybridized carbons (Fsp3) is 0.464. The largest absolute Gasteiger partial charge is 0.481 e. The number of rotatable bonds is 10. The topological polar surface area (TPSA) is 105 Å². The van der Waals surface area contributed by atoms with Gasteiger partial charge in [0.15, 0.2) is 0 Å². The Bertz CT molecular complexity index is 1010. The van der Waals surface area contributed by atoms with Crippen molar-refractivity contribution >= 4 is 18.0 Å². The van der Waals surface area contributed by atoms with Crippen molar-refractivity contribution < 1.29 is 24.2 Å². The second-order valence-corrected chi connectivity index (χ2v) is 10.3. The molecule has 0 radical (unpaired) electrons. The standard InChI is InChI=1S/C28H36N2O5/c1-18(10-9-15-26(32)33)29-25(31)16-24(28(2,3)4)30-27(34)35-17-23-21-13-7-5-11-19(21)20-12-6-8-14-22(20)23/h5-8,11-14,18,23-24H,9-10,15-17H2,1-4H3,(H,29,31)(H,30,34)(H,32,33). The fourth-order valence-electron chi connectivity index (χ4n) is 4.51. The zero-order valence-electron chi connectivity index (χ0n) is 21.0. The molecular formula is C28H36N2O5. The van der Waals surface area contributed by atoms with Crippen LogP contribution in [0.4, 0.5) is 4.79 Å². The van der Waals surface area contributed by atoms with Crippen molar-refractivity contribution in [1.29, 1.82) is 0 Å². The molecule has 0 spiro atoms. The Balaban J connectivity index is 1.57. The Hall–Kier alpha value is -3.35. The number of aliphatic carboxylic acids is 1. The molecule has 0 heterocycles. The molecule has 2 aromatic carbocycles. The molecular weight excluding hydrogens is 444 g/mol. The molecule has 7 nitrogen and oxygen atoms in total. The molecule has 0 saturated heterocycles. The number of hydrogen-bond acceptors (Lipinski definition) is 4. The molecule has 1 aliphatic rings. The van der Waals surface area contributed by atoms with Gasteiger partial charge in [0.25, 0.3) is 0 Å². The number of nitrogens with one attached hydrogen (secondary N) is 2. The minimum absolute atomic E-state index is 0.0313. The summed E-state index contributed by atoms with van der Waals surface area (Å²) in [7, 11) is 0. The van der Waals surface area contributed by atoms with Gasteiger partial charge < -0.3 is 20.5 Å². The monoisotopic (exact) mass is 480 g/mol. The maximum absolute atomic E-state index is 12.8. The van der Waals surface area contributed by atoms with Gasteiger partial charge in [-0.1, -0.05) is 69.3 Å². The third kappa shape index (κ3) is 7.07. The smallest absolute Gasteiger partial charge is 0.407 e. The molecule has 0 aromatic heterocycles. The van der Waals surface area contributed by atoms with Gasteiger partial charge in [0.1, 0.15) is 6.61 Å². The van der Waals surface area contributed by atoms with Gasteiger partial charge in [-0.25, -0.2) is 4.79 Å². The molecule has 2 amide bonds. The maximum atomic E-state index is 12.8. The SMILES string of the molecule is CC(CCCC(=O)O)NC(=O)CC(NC(=O)OCC1c2ccccc2-c2ccccc21)C(C)(C)C. The lowest BCUT2D eigenvalue weighted by Crippen LogP contribution is -2.47. The van der Waals surface area contributed by atoms with E-state index in [1.54, 1.807) is 0 Å². The van der Waals surface area contributed by atoms with Gasteiger partial charge in [-0.2, -0.15) is 0 Å². The van der Waals surface area contributed by atoms with Crippen molar-refractivity contribution in [2.45, 2.75) is 71.4 Å². The fourth-order valence-corrected chi connectivity index (χ4v) is 4.51. The summed E-state index contributed by atoms with van der Waals surface area (Å²) in [6, 6.07) is 15.8. The van der Waals surface area contributed by atoms with E-state index in [1.807, 2.05) is 52.0 Å². The minimum atomic E-state index is -0.844. The quantitative estimate of drug-likeness (QED) is 0.439. The predicted molar refractivity (Wildman–Crippen MR) is 135 cm³/mol. The van der Waals surface area contributed by atoms with Crippen molar-refractivity contribution in [2.24, 2.45) is 5.41 Å². The van der Waals surface area contributed by atoms with E-state index in [0.29, 0.717) is 12.8 Å². The number of carbonyl (C=O) groups excluding carboxylic acids is 2. The number of amides is 2. The number of hydrogen-bond donors (Lipinski definition) is 3. The number of ether oxygens (including phenoxy) is 1. The molecule has 3 N–H and O–H groups in total. The van der Waals surface area contributed by atoms with Gasteiger partial charge >= 0.3 is 12.1 Å². The highest BCUT2D eigenvalue weighted by molar-refractivity contribution is 5.80. The Kier molecular flexibility index (Phi) is 8.54. The van der Waals surface area contributed by atoms with E-state index in [2.05, 4.69) is 34.9 Å². The first-order valence-corrected chi connectivity index (χ1v) is 12.2. The van der Waals surface area contributed by atoms with Crippen molar-refractivity contribution in [2.75, 3.05) is 6.61 Å². The molecule has 0 bridgehead atoms. The molecule has 3 rings (SSSR count). The van der Waals surface area contributed by atoms with Crippen LogP contribution in [0.25, 0.3) is 11.1 Å². The van der Waals surface area contributed by atoms with Gasteiger partial charge in [0.2, 0.25) is 5.91 Å². The third-order valence-corrected chi connectivity index (χ3v) is 6.51. The highest BCUT2D eigenvalue weighted by atomic mass is 16.5. The zero-order chi connectivity index (χ0) is 25.6. The van der Waals surface area contributed by atoms with Crippen LogP contribution in [0.2, 0.25) is 0 Å². The van der Waals surface area contributed by atoms with E-state index in [1.165, 1.54) is 11.1 Å². The first-order chi connectivity index (χ1) is 16.6. The molecule has 2 unspecified atom stereocenters. The van der Waals surface area contributed by atoms with Crippen LogP contribution in [-0.4, -0.2) is 41.8 Å². The highest BCUT2D eigenvalue weighted by Crippen LogP contribution is 2.44. The summed E-state index contributed by atoms with van der Waals surface area (Å²) in [6.07, 6.45) is 0.717. The lowest BCUT2D eigenvalue weighted by atomic mass is 9.84. The van der Waals surface area contributed by atoms with Crippen molar-refractivity contribution in [3.05, 3.63) is 59.7 Å². The van der Waals surface area contributed by atoms with E-state index >= 15 is 0 Å². The van der Waals surface area contributed by atoms with E-state index in [4.69, 9.17) is 9.84 Å². The second kappa shape index (κ2) is 11.4. The number of carbonyl (C=O) groups is 3. The number of benzene rings is 2. The Morgan fingerprint density at radius 3 is 2.09 bits per heavy atom. The van der Waals surface area contributed by atoms with Crippen LogP contribution in [0.15, 0.2) is 48.5 Å². The van der Waals surface area contributed by atoms with Crippen LogP contribution < -0.4 is 10.6 Å². The second-order valence-electron chi connectivity index (χ2n) is 10.3. The normalized spacial score (nSPS) is 14.4. The number of carboxylic acid groups (broad SMARTS) is 1. The average Bonchev–Trinajstić information content (AvgIpc) is 3.10. The van der Waals surface area contributed by atoms with Gasteiger partial charge in [0.05, 0.1) is 0 Å². The van der Waals surface area contributed by atoms with E-state index in [9.17, 15) is 14.4 Å². The van der Waals surface area contributed by atoms with Crippen molar-refractivity contribution in [1.82, 2.24) is 10.6 Å². The first kappa shape index (κ1) is 26.3. The van der Waals surface area contributed by atoms with Crippen LogP contribution in [0.3, 0.4) is 0 Å². The lowest BCUT2D eigenvalue weighted by Gasteiger charge is -2.31. The van der Waals surface area contributed by atoms with E-state index in [0.717, 1.165) is 11.1 Å². The van der Waals surface area contributed by atoms with E-state index in [-0.39, 0.29) is 42.7 Å². The van der Waals surface area contributed by atoms with Gasteiger partial charge in [0, 0.05) is 30.8 Å². The highest BCUT2D eigenvalue weighted by Gasteiger charge is 2.32. The van der Waals surface area contributed by atoms with Gasteiger partial charge in [-0.3, -0.25) is 9.59 Å². The summed E-state index contributed by atoms with van der Waals surface area (Å²) in [5.74, 6) is -1.06. The van der Waals surface area contributed by atoms with Crippen LogP contribution in [0.1, 0.15) is 70.4 Å². The summed E-state index contributed by atoms with van der Waals surface area (Å²) < 4.78 is 5.67. The molecule has 35 heavy (non-hydrogen) atoms. The number of alkyl carbamates (subject to hydrolysis) is 1. The van der Waals surface area contributed by atoms with Crippen LogP contribution in [0, 0.1) is 5.41 Å². The zero-order valence-corrected chi connectivity index (χ0v) is 21.0. The first-order valence-electron chi connectivity index (χ1n) is 12.2. The number of carboxylic acids is 1. The van der Waals surface area contributed by atoms with Crippen LogP contribution in [0.5, 0.6) is 0 Å². The summed E-state index contributed by atoms with van der Waals surface area (Å²) >= 11 is 0. The molecule has 0 aliphatic heterocycles. The molecule has 1 aliphatic carbocycles. The Labute approximate surface area is 207 Å². The molecule has 0 saturated carbocycles. The molecule has 2 atom stereocenters. The molecule has 2 aromatic rings. The summed E-state index contributed by atoms with van der Waals surface area (Å²) in [4.78, 5) is 36.1. The average molecular weight is 481 g/mol. The summed E-state index contributed by atoms with van der Waals surface area (Å²) in [6.45, 7) is 7.95. The molecule has 7 heteroatoms. The van der Waals surface area contributed by atoms with Crippen LogP contribution in [-0.2, 0) is 14.3 Å². The third-order valence-electron chi connectivity index (χ3n) is 6.51. The molecule has 188 valence electrons. The van der Waals surface area contributed by atoms with Crippen molar-refractivity contribution in [3.8, 4) is 11.1 Å². The van der Waals surface area contributed by atoms with Crippen LogP contribution >= 0.6 is 0 Å². The van der Waals surface area contributed by atoms with E-state index < -0.39 is 18.1 Å². The van der Waals surface area contributed by atoms with Gasteiger partial charge in [-0.15, -0.1) is 0 Å². The number of fused-ring (bicyclic) bond motifs is 3. The lowest BCUT2D eigenvalue weighted by molar-refractivity contribution is -0.137. The van der Waals surface area contributed by atoms with Crippen molar-refractivity contribution in [3.63, 3.8) is 0 Å². The Morgan fingerprint density at radius 1 is 0.971 bits per heavy atom. The van der Waals surface area contributed by atoms with Gasteiger partial charge in [-0.05, 0) is 47.4 Å². The summed E-state index contributed by atoms with van der Waals surface area (Å²) in [5, 5.41) is 14.6. The minimum Gasteiger partial charge on any atom is -0.481 e. The predicted octanol–water partition coefficient (Wildman–Crippen LogP) is 5.09.